The van der Waals surface area contributed by atoms with Crippen LogP contribution in [-0.4, -0.2) is 83.8 Å². The Morgan fingerprint density at radius 1 is 1.26 bits per heavy atom. The summed E-state index contributed by atoms with van der Waals surface area (Å²) >= 11 is 0. The highest BCUT2D eigenvalue weighted by Gasteiger charge is 2.90. The Balaban J connectivity index is 1.53. The third-order valence-electron chi connectivity index (χ3n) is 9.74. The highest BCUT2D eigenvalue weighted by Crippen LogP contribution is 2.76. The van der Waals surface area contributed by atoms with Crippen LogP contribution < -0.4 is 10.6 Å². The molecule has 0 aromatic carbocycles. The molecule has 4 rings (SSSR count). The Morgan fingerprint density at radius 2 is 1.90 bits per heavy atom. The van der Waals surface area contributed by atoms with Crippen LogP contribution in [0.2, 0.25) is 0 Å². The molecule has 1 spiro atoms. The number of aldehydes is 1. The first kappa shape index (κ1) is 29.3. The number of amides is 3. The molecule has 3 amide bonds. The Labute approximate surface area is 226 Å². The molecule has 2 saturated heterocycles. The molecule has 0 aromatic heterocycles. The Hall–Kier alpha value is -2.68. The predicted octanol–water partition coefficient (Wildman–Crippen LogP) is 2.01. The van der Waals surface area contributed by atoms with Gasteiger partial charge in [0.15, 0.2) is 0 Å². The van der Waals surface area contributed by atoms with Crippen LogP contribution >= 0.6 is 0 Å². The molecule has 0 bridgehead atoms. The van der Waals surface area contributed by atoms with Gasteiger partial charge in [-0.05, 0) is 57.0 Å². The smallest absolute Gasteiger partial charge is 0.343 e. The second kappa shape index (κ2) is 9.75. The minimum atomic E-state index is -4.70. The molecule has 9 nitrogen and oxygen atoms in total. The van der Waals surface area contributed by atoms with Crippen LogP contribution in [0.5, 0.6) is 0 Å². The fraction of sp³-hybridized carbons (Fsp3) is 0.815. The zero-order valence-corrected chi connectivity index (χ0v) is 23.1. The van der Waals surface area contributed by atoms with Gasteiger partial charge in [0.2, 0.25) is 17.7 Å². The number of likely N-dealkylation sites (tertiary alicyclic amines) is 2. The average Bonchev–Trinajstić information content (AvgIpc) is 3.72. The summed E-state index contributed by atoms with van der Waals surface area (Å²) < 4.78 is 40.5. The Bertz CT molecular complexity index is 1080. The number of alkyl halides is 3. The molecular formula is C27H38F3N5O4. The lowest BCUT2D eigenvalue weighted by molar-refractivity contribution is -0.193. The third kappa shape index (κ3) is 4.14. The van der Waals surface area contributed by atoms with Gasteiger partial charge in [0, 0.05) is 18.4 Å². The van der Waals surface area contributed by atoms with Crippen LogP contribution in [0.1, 0.15) is 59.8 Å². The molecule has 6 unspecified atom stereocenters. The van der Waals surface area contributed by atoms with E-state index in [1.807, 2.05) is 20.9 Å². The molecule has 4 fully saturated rings. The maximum absolute atomic E-state index is 13.7. The van der Waals surface area contributed by atoms with E-state index in [-0.39, 0.29) is 37.1 Å². The van der Waals surface area contributed by atoms with Crippen molar-refractivity contribution >= 4 is 24.0 Å². The SMILES string of the molecule is CNCCCC(C=O)CC(C#N)N1C(=O)C2N(C(=O)C(NC(=O)C3(C(F)(F)F)CC3)C(C)C)CC3C(C)(C)C231. The lowest BCUT2D eigenvalue weighted by Crippen LogP contribution is -2.76. The van der Waals surface area contributed by atoms with E-state index in [9.17, 15) is 37.6 Å². The van der Waals surface area contributed by atoms with Gasteiger partial charge in [0.25, 0.3) is 0 Å². The molecule has 39 heavy (non-hydrogen) atoms. The second-order valence-electron chi connectivity index (χ2n) is 12.5. The first-order valence-corrected chi connectivity index (χ1v) is 13.7. The molecule has 6 atom stereocenters. The van der Waals surface area contributed by atoms with Crippen LogP contribution in [-0.2, 0) is 19.2 Å². The van der Waals surface area contributed by atoms with E-state index in [0.29, 0.717) is 6.42 Å². The van der Waals surface area contributed by atoms with Crippen LogP contribution in [0.3, 0.4) is 0 Å². The zero-order valence-electron chi connectivity index (χ0n) is 23.1. The van der Waals surface area contributed by atoms with Gasteiger partial charge in [0.1, 0.15) is 29.8 Å². The molecule has 0 aromatic rings. The predicted molar refractivity (Wildman–Crippen MR) is 134 cm³/mol. The molecule has 4 aliphatic rings. The molecule has 2 heterocycles. The monoisotopic (exact) mass is 553 g/mol. The summed E-state index contributed by atoms with van der Waals surface area (Å²) in [5, 5.41) is 15.4. The highest BCUT2D eigenvalue weighted by molar-refractivity contribution is 6.01. The summed E-state index contributed by atoms with van der Waals surface area (Å²) in [6.07, 6.45) is -2.98. The third-order valence-corrected chi connectivity index (χ3v) is 9.74. The number of rotatable bonds is 12. The molecule has 12 heteroatoms. The van der Waals surface area contributed by atoms with Gasteiger partial charge in [-0.15, -0.1) is 0 Å². The summed E-state index contributed by atoms with van der Waals surface area (Å²) in [4.78, 5) is 54.6. The summed E-state index contributed by atoms with van der Waals surface area (Å²) in [6, 6.07) is -0.693. The summed E-state index contributed by atoms with van der Waals surface area (Å²) in [6.45, 7) is 8.17. The molecule has 2 saturated carbocycles. The fourth-order valence-electron chi connectivity index (χ4n) is 7.16. The van der Waals surface area contributed by atoms with E-state index in [1.165, 1.54) is 4.90 Å². The van der Waals surface area contributed by atoms with E-state index in [0.717, 1.165) is 19.3 Å². The molecule has 216 valence electrons. The van der Waals surface area contributed by atoms with Gasteiger partial charge >= 0.3 is 6.18 Å². The van der Waals surface area contributed by atoms with Crippen molar-refractivity contribution in [2.45, 2.75) is 89.6 Å². The average molecular weight is 554 g/mol. The highest BCUT2D eigenvalue weighted by atomic mass is 19.4. The summed E-state index contributed by atoms with van der Waals surface area (Å²) in [5.41, 5.74) is -3.61. The van der Waals surface area contributed by atoms with Crippen molar-refractivity contribution in [3.05, 3.63) is 0 Å². The van der Waals surface area contributed by atoms with Gasteiger partial charge in [-0.2, -0.15) is 18.4 Å². The molecule has 2 aliphatic carbocycles. The quantitative estimate of drug-likeness (QED) is 0.217. The number of nitriles is 1. The van der Waals surface area contributed by atoms with Crippen molar-refractivity contribution < 1.29 is 32.3 Å². The van der Waals surface area contributed by atoms with Crippen LogP contribution in [0.25, 0.3) is 0 Å². The minimum Gasteiger partial charge on any atom is -0.343 e. The van der Waals surface area contributed by atoms with Crippen LogP contribution in [0, 0.1) is 39.9 Å². The van der Waals surface area contributed by atoms with Crippen molar-refractivity contribution in [2.24, 2.45) is 28.6 Å². The standard InChI is InChI=1S/C27H38F3N5O4/c1-15(2)19(33-23(39)25(8-9-25)27(28,29)30)21(37)34-13-18-24(3,4)26(18)20(34)22(38)35(26)17(12-31)11-16(14-36)7-6-10-32-5/h14-20,32H,6-11,13H2,1-5H3,(H,33,39). The van der Waals surface area contributed by atoms with Gasteiger partial charge < -0.3 is 25.2 Å². The Morgan fingerprint density at radius 3 is 2.38 bits per heavy atom. The van der Waals surface area contributed by atoms with Gasteiger partial charge in [-0.3, -0.25) is 14.4 Å². The number of carbonyl (C=O) groups excluding carboxylic acids is 4. The van der Waals surface area contributed by atoms with Crippen molar-refractivity contribution in [3.63, 3.8) is 0 Å². The minimum absolute atomic E-state index is 0.125. The molecular weight excluding hydrogens is 515 g/mol. The maximum atomic E-state index is 13.7. The van der Waals surface area contributed by atoms with E-state index in [4.69, 9.17) is 0 Å². The number of carbonyl (C=O) groups is 4. The lowest BCUT2D eigenvalue weighted by atomic mass is 9.81. The first-order valence-electron chi connectivity index (χ1n) is 13.7. The van der Waals surface area contributed by atoms with Crippen LogP contribution in [0.15, 0.2) is 0 Å². The fourth-order valence-corrected chi connectivity index (χ4v) is 7.16. The molecule has 0 radical (unpaired) electrons. The number of piperidine rings is 1. The van der Waals surface area contributed by atoms with E-state index in [1.54, 1.807) is 18.7 Å². The van der Waals surface area contributed by atoms with Crippen molar-refractivity contribution in [1.29, 1.82) is 5.26 Å². The second-order valence-corrected chi connectivity index (χ2v) is 12.5. The molecule has 2 N–H and O–H groups in total. The lowest BCUT2D eigenvalue weighted by Gasteiger charge is -2.54. The van der Waals surface area contributed by atoms with Crippen molar-refractivity contribution in [2.75, 3.05) is 20.1 Å². The largest absolute Gasteiger partial charge is 0.403 e. The number of nitrogens with one attached hydrogen (secondary N) is 2. The van der Waals surface area contributed by atoms with Gasteiger partial charge in [0.05, 0.1) is 11.6 Å². The number of nitrogens with zero attached hydrogens (tertiary/aromatic N) is 3. The van der Waals surface area contributed by atoms with Gasteiger partial charge in [-0.1, -0.05) is 27.7 Å². The summed E-state index contributed by atoms with van der Waals surface area (Å²) in [7, 11) is 1.81. The number of β-lactam (4-membered cyclic amide) rings is 1. The van der Waals surface area contributed by atoms with Gasteiger partial charge in [-0.25, -0.2) is 0 Å². The van der Waals surface area contributed by atoms with E-state index < -0.39 is 64.8 Å². The van der Waals surface area contributed by atoms with Crippen molar-refractivity contribution in [3.8, 4) is 6.07 Å². The number of hydrogen-bond donors (Lipinski definition) is 2. The van der Waals surface area contributed by atoms with E-state index >= 15 is 0 Å². The van der Waals surface area contributed by atoms with Crippen molar-refractivity contribution in [1.82, 2.24) is 20.4 Å². The normalized spacial score (nSPS) is 29.9. The number of hydrogen-bond acceptors (Lipinski definition) is 6. The van der Waals surface area contributed by atoms with Crippen LogP contribution in [0.4, 0.5) is 13.2 Å². The zero-order chi connectivity index (χ0) is 29.1. The number of halogens is 3. The topological polar surface area (TPSA) is 123 Å². The summed E-state index contributed by atoms with van der Waals surface area (Å²) in [5.74, 6) is -3.20. The maximum Gasteiger partial charge on any atom is 0.403 e. The van der Waals surface area contributed by atoms with E-state index in [2.05, 4.69) is 16.7 Å². The molecule has 2 aliphatic heterocycles. The Kier molecular flexibility index (Phi) is 7.33. The first-order chi connectivity index (χ1) is 18.2.